The summed E-state index contributed by atoms with van der Waals surface area (Å²) in [5, 5.41) is 11.3. The van der Waals surface area contributed by atoms with Gasteiger partial charge < -0.3 is 4.90 Å². The van der Waals surface area contributed by atoms with Gasteiger partial charge in [-0.1, -0.05) is 11.6 Å². The highest BCUT2D eigenvalue weighted by atomic mass is 35.5. The van der Waals surface area contributed by atoms with E-state index in [0.717, 1.165) is 5.69 Å². The van der Waals surface area contributed by atoms with Gasteiger partial charge in [-0.05, 0) is 24.3 Å². The summed E-state index contributed by atoms with van der Waals surface area (Å²) in [7, 11) is 0.349. The van der Waals surface area contributed by atoms with Gasteiger partial charge in [-0.25, -0.2) is 4.21 Å². The first kappa shape index (κ1) is 13.1. The fraction of sp³-hybridized carbons (Fsp3) is 0.0769. The van der Waals surface area contributed by atoms with Crippen molar-refractivity contribution in [1.29, 1.82) is 0 Å². The SMILES string of the molecule is CN1c2ccc(Cl)cc2S(=O)c2cc([N+](=O)[O-])ccc21. The number of nitro benzene ring substituents is 1. The lowest BCUT2D eigenvalue weighted by molar-refractivity contribution is -0.385. The van der Waals surface area contributed by atoms with Crippen LogP contribution in [0.5, 0.6) is 0 Å². The minimum absolute atomic E-state index is 0.0732. The summed E-state index contributed by atoms with van der Waals surface area (Å²) in [6.07, 6.45) is 0. The van der Waals surface area contributed by atoms with Crippen molar-refractivity contribution in [2.45, 2.75) is 9.79 Å². The first-order chi connectivity index (χ1) is 9.49. The highest BCUT2D eigenvalue weighted by Crippen LogP contribution is 2.42. The average molecular weight is 309 g/mol. The van der Waals surface area contributed by atoms with Crippen molar-refractivity contribution < 1.29 is 9.13 Å². The van der Waals surface area contributed by atoms with Crippen molar-refractivity contribution in [1.82, 2.24) is 0 Å². The van der Waals surface area contributed by atoms with E-state index in [1.54, 1.807) is 24.3 Å². The van der Waals surface area contributed by atoms with Crippen LogP contribution in [0.15, 0.2) is 46.2 Å². The molecule has 0 aliphatic carbocycles. The first-order valence-electron chi connectivity index (χ1n) is 5.72. The fourth-order valence-electron chi connectivity index (χ4n) is 2.20. The van der Waals surface area contributed by atoms with E-state index in [0.29, 0.717) is 20.5 Å². The summed E-state index contributed by atoms with van der Waals surface area (Å²) in [4.78, 5) is 13.2. The summed E-state index contributed by atoms with van der Waals surface area (Å²) in [5.41, 5.74) is 1.41. The second kappa shape index (κ2) is 4.57. The number of rotatable bonds is 1. The Labute approximate surface area is 122 Å². The van der Waals surface area contributed by atoms with Gasteiger partial charge in [0.25, 0.3) is 5.69 Å². The molecule has 0 radical (unpaired) electrons. The molecule has 20 heavy (non-hydrogen) atoms. The summed E-state index contributed by atoms with van der Waals surface area (Å²) in [6, 6.07) is 9.53. The van der Waals surface area contributed by atoms with Crippen LogP contribution in [0.25, 0.3) is 0 Å². The van der Waals surface area contributed by atoms with Crippen molar-refractivity contribution in [2.24, 2.45) is 0 Å². The van der Waals surface area contributed by atoms with E-state index < -0.39 is 15.7 Å². The molecule has 0 saturated carbocycles. The molecule has 1 aliphatic rings. The maximum absolute atomic E-state index is 12.6. The third-order valence-corrected chi connectivity index (χ3v) is 4.89. The van der Waals surface area contributed by atoms with Crippen LogP contribution in [-0.4, -0.2) is 16.2 Å². The molecule has 5 nitrogen and oxygen atoms in total. The zero-order chi connectivity index (χ0) is 14.4. The third-order valence-electron chi connectivity index (χ3n) is 3.20. The van der Waals surface area contributed by atoms with Gasteiger partial charge in [0.05, 0.1) is 36.9 Å². The van der Waals surface area contributed by atoms with Crippen LogP contribution in [0.1, 0.15) is 0 Å². The van der Waals surface area contributed by atoms with E-state index in [1.165, 1.54) is 12.1 Å². The molecular weight excluding hydrogens is 300 g/mol. The van der Waals surface area contributed by atoms with Crippen molar-refractivity contribution in [3.05, 3.63) is 51.5 Å². The Morgan fingerprint density at radius 3 is 2.40 bits per heavy atom. The monoisotopic (exact) mass is 308 g/mol. The Morgan fingerprint density at radius 1 is 1.15 bits per heavy atom. The molecule has 0 bridgehead atoms. The maximum atomic E-state index is 12.6. The molecule has 3 rings (SSSR count). The van der Waals surface area contributed by atoms with E-state index in [2.05, 4.69) is 0 Å². The Morgan fingerprint density at radius 2 is 1.75 bits per heavy atom. The number of hydrogen-bond acceptors (Lipinski definition) is 4. The van der Waals surface area contributed by atoms with Gasteiger partial charge in [-0.3, -0.25) is 10.1 Å². The molecule has 0 spiro atoms. The molecule has 2 aromatic carbocycles. The molecule has 1 atom stereocenters. The Bertz CT molecular complexity index is 763. The quantitative estimate of drug-likeness (QED) is 0.597. The van der Waals surface area contributed by atoms with Gasteiger partial charge in [-0.15, -0.1) is 0 Å². The lowest BCUT2D eigenvalue weighted by Gasteiger charge is -2.29. The van der Waals surface area contributed by atoms with Crippen LogP contribution in [0.2, 0.25) is 5.02 Å². The van der Waals surface area contributed by atoms with Crippen LogP contribution < -0.4 is 4.90 Å². The third kappa shape index (κ3) is 1.88. The van der Waals surface area contributed by atoms with Gasteiger partial charge in [0.2, 0.25) is 0 Å². The summed E-state index contributed by atoms with van der Waals surface area (Å²) >= 11 is 5.94. The number of anilines is 2. The van der Waals surface area contributed by atoms with Crippen LogP contribution in [0.3, 0.4) is 0 Å². The van der Waals surface area contributed by atoms with Crippen LogP contribution in [0.4, 0.5) is 17.1 Å². The Kier molecular flexibility index (Phi) is 2.99. The second-order valence-corrected chi connectivity index (χ2v) is 6.20. The highest BCUT2D eigenvalue weighted by Gasteiger charge is 2.28. The number of halogens is 1. The van der Waals surface area contributed by atoms with E-state index in [9.17, 15) is 14.3 Å². The van der Waals surface area contributed by atoms with Gasteiger partial charge in [0.15, 0.2) is 0 Å². The van der Waals surface area contributed by atoms with Crippen molar-refractivity contribution >= 4 is 39.5 Å². The van der Waals surface area contributed by atoms with Crippen LogP contribution >= 0.6 is 11.6 Å². The molecule has 0 fully saturated rings. The summed E-state index contributed by atoms with van der Waals surface area (Å²) in [6.45, 7) is 0. The van der Waals surface area contributed by atoms with Crippen molar-refractivity contribution in [2.75, 3.05) is 11.9 Å². The maximum Gasteiger partial charge on any atom is 0.270 e. The number of nitrogens with zero attached hydrogens (tertiary/aromatic N) is 2. The topological polar surface area (TPSA) is 63.5 Å². The highest BCUT2D eigenvalue weighted by molar-refractivity contribution is 7.85. The smallest absolute Gasteiger partial charge is 0.270 e. The number of hydrogen-bond donors (Lipinski definition) is 0. The van der Waals surface area contributed by atoms with E-state index in [1.807, 2.05) is 11.9 Å². The molecular formula is C13H9ClN2O3S. The van der Waals surface area contributed by atoms with Gasteiger partial charge in [0.1, 0.15) is 0 Å². The van der Waals surface area contributed by atoms with Crippen LogP contribution in [0, 0.1) is 10.1 Å². The minimum atomic E-state index is -1.48. The molecule has 7 heteroatoms. The number of fused-ring (bicyclic) bond motifs is 2. The van der Waals surface area contributed by atoms with E-state index in [4.69, 9.17) is 11.6 Å². The van der Waals surface area contributed by atoms with Gasteiger partial charge >= 0.3 is 0 Å². The van der Waals surface area contributed by atoms with E-state index in [-0.39, 0.29) is 5.69 Å². The lowest BCUT2D eigenvalue weighted by atomic mass is 10.2. The second-order valence-electron chi connectivity index (χ2n) is 4.35. The Balaban J connectivity index is 2.24. The summed E-state index contributed by atoms with van der Waals surface area (Å²) in [5.74, 6) is 0. The standard InChI is InChI=1S/C13H9ClN2O3S/c1-15-10-4-2-8(14)6-12(10)20(19)13-7-9(16(17)18)3-5-11(13)15/h2-7H,1H3. The molecule has 1 heterocycles. The number of non-ortho nitro benzene ring substituents is 1. The molecule has 2 aromatic rings. The molecule has 0 saturated heterocycles. The predicted octanol–water partition coefficient (Wildman–Crippen LogP) is 3.50. The average Bonchev–Trinajstić information content (AvgIpc) is 2.44. The molecule has 1 unspecified atom stereocenters. The molecule has 0 aromatic heterocycles. The molecule has 0 N–H and O–H groups in total. The lowest BCUT2D eigenvalue weighted by Crippen LogP contribution is -2.19. The predicted molar refractivity (Wildman–Crippen MR) is 77.3 cm³/mol. The van der Waals surface area contributed by atoms with E-state index >= 15 is 0 Å². The molecule has 0 amide bonds. The zero-order valence-corrected chi connectivity index (χ0v) is 11.9. The molecule has 102 valence electrons. The van der Waals surface area contributed by atoms with Crippen LogP contribution in [-0.2, 0) is 10.8 Å². The van der Waals surface area contributed by atoms with Gasteiger partial charge in [0, 0.05) is 24.2 Å². The largest absolute Gasteiger partial charge is 0.343 e. The number of nitro groups is 1. The van der Waals surface area contributed by atoms with Crippen molar-refractivity contribution in [3.8, 4) is 0 Å². The normalized spacial score (nSPS) is 16.5. The summed E-state index contributed by atoms with van der Waals surface area (Å²) < 4.78 is 12.6. The fourth-order valence-corrected chi connectivity index (χ4v) is 3.93. The van der Waals surface area contributed by atoms with Crippen molar-refractivity contribution in [3.63, 3.8) is 0 Å². The number of benzene rings is 2. The van der Waals surface area contributed by atoms with Gasteiger partial charge in [-0.2, -0.15) is 0 Å². The molecule has 1 aliphatic heterocycles. The minimum Gasteiger partial charge on any atom is -0.343 e. The Hall–Kier alpha value is -1.92. The zero-order valence-electron chi connectivity index (χ0n) is 10.4. The first-order valence-corrected chi connectivity index (χ1v) is 7.25.